The van der Waals surface area contributed by atoms with Crippen molar-refractivity contribution >= 4 is 11.0 Å². The normalized spacial score (nSPS) is 11.1. The smallest absolute Gasteiger partial charge is 0.147 e. The molecule has 3 aromatic rings. The Bertz CT molecular complexity index is 888. The Labute approximate surface area is 181 Å². The molecular formula is C26H36N2O2. The first kappa shape index (κ1) is 22.2. The van der Waals surface area contributed by atoms with Gasteiger partial charge in [0.2, 0.25) is 0 Å². The van der Waals surface area contributed by atoms with E-state index >= 15 is 0 Å². The summed E-state index contributed by atoms with van der Waals surface area (Å²) in [6, 6.07) is 16.1. The van der Waals surface area contributed by atoms with E-state index in [9.17, 15) is 0 Å². The molecule has 4 nitrogen and oxygen atoms in total. The third-order valence-electron chi connectivity index (χ3n) is 5.63. The van der Waals surface area contributed by atoms with Crippen LogP contribution in [0, 0.1) is 0 Å². The van der Waals surface area contributed by atoms with Crippen LogP contribution < -0.4 is 9.47 Å². The second-order valence-corrected chi connectivity index (χ2v) is 7.96. The van der Waals surface area contributed by atoms with Gasteiger partial charge in [0.1, 0.15) is 23.9 Å². The first-order valence-electron chi connectivity index (χ1n) is 11.5. The van der Waals surface area contributed by atoms with Gasteiger partial charge in [-0.2, -0.15) is 0 Å². The number of nitrogens with zero attached hydrogens (tertiary/aromatic N) is 2. The maximum absolute atomic E-state index is 6.03. The Kier molecular flexibility index (Phi) is 9.07. The molecule has 162 valence electrons. The number of hydrogen-bond donors (Lipinski definition) is 0. The molecule has 0 saturated carbocycles. The molecule has 0 fully saturated rings. The van der Waals surface area contributed by atoms with Crippen LogP contribution in [0.1, 0.15) is 70.5 Å². The van der Waals surface area contributed by atoms with E-state index in [0.29, 0.717) is 6.61 Å². The van der Waals surface area contributed by atoms with Gasteiger partial charge in [-0.05, 0) is 30.7 Å². The first-order chi connectivity index (χ1) is 14.8. The molecule has 0 radical (unpaired) electrons. The minimum absolute atomic E-state index is 0.458. The molecule has 0 saturated heterocycles. The topological polar surface area (TPSA) is 36.3 Å². The highest BCUT2D eigenvalue weighted by atomic mass is 16.5. The molecule has 0 amide bonds. The molecule has 3 rings (SSSR count). The van der Waals surface area contributed by atoms with E-state index in [2.05, 4.69) is 29.7 Å². The standard InChI is InChI=1S/C26H36N2O2/c1-3-4-5-6-7-8-9-10-13-19-28-25-18-12-11-17-24(25)27-26(28)21-30-23-16-14-15-22(20-23)29-2/h11-12,14-18,20H,3-10,13,19,21H2,1-2H3. The molecule has 0 unspecified atom stereocenters. The van der Waals surface area contributed by atoms with Gasteiger partial charge in [-0.15, -0.1) is 0 Å². The summed E-state index contributed by atoms with van der Waals surface area (Å²) in [6.07, 6.45) is 12.0. The lowest BCUT2D eigenvalue weighted by atomic mass is 10.1. The van der Waals surface area contributed by atoms with Crippen LogP contribution in [0.2, 0.25) is 0 Å². The lowest BCUT2D eigenvalue weighted by Gasteiger charge is -2.11. The van der Waals surface area contributed by atoms with Crippen molar-refractivity contribution in [3.63, 3.8) is 0 Å². The number of benzene rings is 2. The largest absolute Gasteiger partial charge is 0.497 e. The minimum Gasteiger partial charge on any atom is -0.497 e. The molecule has 0 N–H and O–H groups in total. The number of imidazole rings is 1. The molecule has 0 bridgehead atoms. The van der Waals surface area contributed by atoms with E-state index in [1.807, 2.05) is 30.3 Å². The van der Waals surface area contributed by atoms with Crippen molar-refractivity contribution in [2.24, 2.45) is 0 Å². The van der Waals surface area contributed by atoms with E-state index in [4.69, 9.17) is 14.5 Å². The van der Waals surface area contributed by atoms with Crippen LogP contribution in [-0.2, 0) is 13.2 Å². The van der Waals surface area contributed by atoms with Crippen LogP contribution in [0.25, 0.3) is 11.0 Å². The minimum atomic E-state index is 0.458. The Hall–Kier alpha value is -2.49. The number of aryl methyl sites for hydroxylation is 1. The fraction of sp³-hybridized carbons (Fsp3) is 0.500. The Balaban J connectivity index is 1.54. The van der Waals surface area contributed by atoms with Gasteiger partial charge in [-0.3, -0.25) is 0 Å². The van der Waals surface area contributed by atoms with Crippen molar-refractivity contribution in [3.8, 4) is 11.5 Å². The molecule has 0 aliphatic rings. The number of hydrogen-bond acceptors (Lipinski definition) is 3. The van der Waals surface area contributed by atoms with Gasteiger partial charge in [0.15, 0.2) is 0 Å². The van der Waals surface area contributed by atoms with Crippen LogP contribution in [0.4, 0.5) is 0 Å². The number of rotatable bonds is 14. The summed E-state index contributed by atoms with van der Waals surface area (Å²) in [5, 5.41) is 0. The second-order valence-electron chi connectivity index (χ2n) is 7.96. The quantitative estimate of drug-likeness (QED) is 0.266. The molecular weight excluding hydrogens is 372 g/mol. The number of fused-ring (bicyclic) bond motifs is 1. The molecule has 1 heterocycles. The Morgan fingerprint density at radius 1 is 0.800 bits per heavy atom. The summed E-state index contributed by atoms with van der Waals surface area (Å²) in [5.74, 6) is 2.59. The maximum Gasteiger partial charge on any atom is 0.147 e. The fourth-order valence-corrected chi connectivity index (χ4v) is 3.90. The predicted molar refractivity (Wildman–Crippen MR) is 124 cm³/mol. The maximum atomic E-state index is 6.03. The summed E-state index contributed by atoms with van der Waals surface area (Å²) in [4.78, 5) is 4.83. The number of aromatic nitrogens is 2. The van der Waals surface area contributed by atoms with Gasteiger partial charge in [0, 0.05) is 12.6 Å². The summed E-state index contributed by atoms with van der Waals surface area (Å²) >= 11 is 0. The van der Waals surface area contributed by atoms with Crippen molar-refractivity contribution in [2.75, 3.05) is 7.11 Å². The van der Waals surface area contributed by atoms with Gasteiger partial charge in [-0.1, -0.05) is 76.5 Å². The van der Waals surface area contributed by atoms with E-state index in [-0.39, 0.29) is 0 Å². The molecule has 1 aromatic heterocycles. The Morgan fingerprint density at radius 2 is 1.50 bits per heavy atom. The van der Waals surface area contributed by atoms with Crippen molar-refractivity contribution in [3.05, 3.63) is 54.4 Å². The lowest BCUT2D eigenvalue weighted by Crippen LogP contribution is -2.07. The van der Waals surface area contributed by atoms with Crippen molar-refractivity contribution in [2.45, 2.75) is 77.9 Å². The van der Waals surface area contributed by atoms with Crippen molar-refractivity contribution in [1.29, 1.82) is 0 Å². The average Bonchev–Trinajstić information content (AvgIpc) is 3.14. The zero-order valence-electron chi connectivity index (χ0n) is 18.6. The SMILES string of the molecule is CCCCCCCCCCCn1c(COc2cccc(OC)c2)nc2ccccc21. The van der Waals surface area contributed by atoms with E-state index < -0.39 is 0 Å². The molecule has 0 aliphatic carbocycles. The zero-order valence-corrected chi connectivity index (χ0v) is 18.6. The van der Waals surface area contributed by atoms with Crippen LogP contribution in [-0.4, -0.2) is 16.7 Å². The van der Waals surface area contributed by atoms with Crippen LogP contribution in [0.5, 0.6) is 11.5 Å². The predicted octanol–water partition coefficient (Wildman–Crippen LogP) is 7.15. The summed E-state index contributed by atoms with van der Waals surface area (Å²) in [5.41, 5.74) is 2.24. The molecule has 0 spiro atoms. The lowest BCUT2D eigenvalue weighted by molar-refractivity contribution is 0.287. The van der Waals surface area contributed by atoms with Gasteiger partial charge in [0.05, 0.1) is 18.1 Å². The van der Waals surface area contributed by atoms with Crippen LogP contribution in [0.15, 0.2) is 48.5 Å². The van der Waals surface area contributed by atoms with E-state index in [1.54, 1.807) is 7.11 Å². The van der Waals surface area contributed by atoms with Crippen molar-refractivity contribution in [1.82, 2.24) is 9.55 Å². The third-order valence-corrected chi connectivity index (χ3v) is 5.63. The molecule has 0 atom stereocenters. The molecule has 4 heteroatoms. The highest BCUT2D eigenvalue weighted by Crippen LogP contribution is 2.22. The fourth-order valence-electron chi connectivity index (χ4n) is 3.90. The number of ether oxygens (including phenoxy) is 2. The summed E-state index contributed by atoms with van der Waals surface area (Å²) in [7, 11) is 1.67. The molecule has 30 heavy (non-hydrogen) atoms. The molecule has 0 aliphatic heterocycles. The highest BCUT2D eigenvalue weighted by molar-refractivity contribution is 5.75. The van der Waals surface area contributed by atoms with Gasteiger partial charge < -0.3 is 14.0 Å². The molecule has 2 aromatic carbocycles. The average molecular weight is 409 g/mol. The van der Waals surface area contributed by atoms with Crippen molar-refractivity contribution < 1.29 is 9.47 Å². The third kappa shape index (κ3) is 6.51. The van der Waals surface area contributed by atoms with E-state index in [1.165, 1.54) is 63.3 Å². The van der Waals surface area contributed by atoms with Gasteiger partial charge in [-0.25, -0.2) is 4.98 Å². The van der Waals surface area contributed by atoms with Crippen LogP contribution in [0.3, 0.4) is 0 Å². The van der Waals surface area contributed by atoms with Gasteiger partial charge >= 0.3 is 0 Å². The van der Waals surface area contributed by atoms with Gasteiger partial charge in [0.25, 0.3) is 0 Å². The zero-order chi connectivity index (χ0) is 21.0. The Morgan fingerprint density at radius 3 is 2.27 bits per heavy atom. The summed E-state index contributed by atoms with van der Waals surface area (Å²) < 4.78 is 13.7. The number of methoxy groups -OCH3 is 1. The number of unbranched alkanes of at least 4 members (excludes halogenated alkanes) is 8. The highest BCUT2D eigenvalue weighted by Gasteiger charge is 2.11. The summed E-state index contributed by atoms with van der Waals surface area (Å²) in [6.45, 7) is 3.72. The monoisotopic (exact) mass is 408 g/mol. The van der Waals surface area contributed by atoms with E-state index in [0.717, 1.165) is 29.4 Å². The second kappa shape index (κ2) is 12.3. The first-order valence-corrected chi connectivity index (χ1v) is 11.5. The number of para-hydroxylation sites is 2. The van der Waals surface area contributed by atoms with Crippen LogP contribution >= 0.6 is 0 Å².